The minimum atomic E-state index is -0.253. The number of hydrogen-bond acceptors (Lipinski definition) is 3. The van der Waals surface area contributed by atoms with Crippen LogP contribution in [-0.4, -0.2) is 24.8 Å². The van der Waals surface area contributed by atoms with E-state index in [1.165, 1.54) is 7.11 Å². The molecule has 1 N–H and O–H groups in total. The smallest absolute Gasteiger partial charge is 0.306 e. The van der Waals surface area contributed by atoms with Gasteiger partial charge < -0.3 is 9.84 Å². The number of methoxy groups -OCH3 is 1. The third-order valence-electron chi connectivity index (χ3n) is 1.82. The number of ether oxygens (including phenoxy) is 1. The summed E-state index contributed by atoms with van der Waals surface area (Å²) >= 11 is 0. The lowest BCUT2D eigenvalue weighted by atomic mass is 9.95. The average molecular weight is 172 g/mol. The molecule has 0 aliphatic heterocycles. The summed E-state index contributed by atoms with van der Waals surface area (Å²) in [4.78, 5) is 10.9. The standard InChI is InChI=1S/C9H16O3/c1-7(2)8(4-5-10)6-9(11)12-3/h8,10H,1,4-6H2,2-3H3/t8-/m1/s1. The third-order valence-corrected chi connectivity index (χ3v) is 1.82. The Morgan fingerprint density at radius 3 is 2.58 bits per heavy atom. The van der Waals surface area contributed by atoms with Crippen molar-refractivity contribution >= 4 is 5.97 Å². The fraction of sp³-hybridized carbons (Fsp3) is 0.667. The first-order valence-electron chi connectivity index (χ1n) is 3.95. The van der Waals surface area contributed by atoms with Crippen LogP contribution in [0.4, 0.5) is 0 Å². The van der Waals surface area contributed by atoms with E-state index in [0.717, 1.165) is 5.57 Å². The Morgan fingerprint density at radius 1 is 1.67 bits per heavy atom. The lowest BCUT2D eigenvalue weighted by Gasteiger charge is -2.13. The fourth-order valence-corrected chi connectivity index (χ4v) is 0.963. The normalized spacial score (nSPS) is 12.2. The number of esters is 1. The van der Waals surface area contributed by atoms with Crippen LogP contribution in [0.15, 0.2) is 12.2 Å². The van der Waals surface area contributed by atoms with Gasteiger partial charge in [0.1, 0.15) is 0 Å². The highest BCUT2D eigenvalue weighted by molar-refractivity contribution is 5.69. The van der Waals surface area contributed by atoms with Crippen LogP contribution in [0.2, 0.25) is 0 Å². The molecule has 0 radical (unpaired) electrons. The van der Waals surface area contributed by atoms with Crippen LogP contribution in [0.3, 0.4) is 0 Å². The molecule has 3 nitrogen and oxygen atoms in total. The van der Waals surface area contributed by atoms with Gasteiger partial charge in [-0.3, -0.25) is 4.79 Å². The van der Waals surface area contributed by atoms with Gasteiger partial charge >= 0.3 is 5.97 Å². The van der Waals surface area contributed by atoms with Gasteiger partial charge in [0.05, 0.1) is 13.5 Å². The van der Waals surface area contributed by atoms with E-state index in [9.17, 15) is 4.79 Å². The summed E-state index contributed by atoms with van der Waals surface area (Å²) < 4.78 is 4.52. The van der Waals surface area contributed by atoms with Crippen molar-refractivity contribution in [3.8, 4) is 0 Å². The lowest BCUT2D eigenvalue weighted by Crippen LogP contribution is -2.12. The Balaban J connectivity index is 3.95. The van der Waals surface area contributed by atoms with Gasteiger partial charge in [-0.2, -0.15) is 0 Å². The predicted molar refractivity (Wildman–Crippen MR) is 46.6 cm³/mol. The SMILES string of the molecule is C=C(C)[C@H](CCO)CC(=O)OC. The Morgan fingerprint density at radius 2 is 2.25 bits per heavy atom. The molecule has 0 rings (SSSR count). The summed E-state index contributed by atoms with van der Waals surface area (Å²) in [5.74, 6) is -0.209. The number of allylic oxidation sites excluding steroid dienone is 1. The van der Waals surface area contributed by atoms with Crippen LogP contribution in [0.5, 0.6) is 0 Å². The molecule has 70 valence electrons. The molecule has 0 aliphatic rings. The van der Waals surface area contributed by atoms with Gasteiger partial charge in [-0.15, -0.1) is 0 Å². The molecule has 0 heterocycles. The number of hydrogen-bond donors (Lipinski definition) is 1. The Bertz CT molecular complexity index is 161. The van der Waals surface area contributed by atoms with E-state index < -0.39 is 0 Å². The van der Waals surface area contributed by atoms with Gasteiger partial charge in [0, 0.05) is 6.61 Å². The highest BCUT2D eigenvalue weighted by Crippen LogP contribution is 2.17. The van der Waals surface area contributed by atoms with Crippen LogP contribution in [0.25, 0.3) is 0 Å². The minimum Gasteiger partial charge on any atom is -0.469 e. The van der Waals surface area contributed by atoms with Crippen LogP contribution >= 0.6 is 0 Å². The molecule has 0 aromatic heterocycles. The summed E-state index contributed by atoms with van der Waals surface area (Å²) in [7, 11) is 1.36. The van der Waals surface area contributed by atoms with Crippen molar-refractivity contribution in [1.29, 1.82) is 0 Å². The van der Waals surface area contributed by atoms with Crippen molar-refractivity contribution in [3.63, 3.8) is 0 Å². The van der Waals surface area contributed by atoms with Crippen LogP contribution < -0.4 is 0 Å². The Kier molecular flexibility index (Phi) is 5.37. The maximum atomic E-state index is 10.9. The fourth-order valence-electron chi connectivity index (χ4n) is 0.963. The number of carbonyl (C=O) groups is 1. The molecule has 12 heavy (non-hydrogen) atoms. The number of aliphatic hydroxyl groups excluding tert-OH is 1. The highest BCUT2D eigenvalue weighted by Gasteiger charge is 2.13. The second kappa shape index (κ2) is 5.77. The molecular weight excluding hydrogens is 156 g/mol. The zero-order chi connectivity index (χ0) is 9.56. The van der Waals surface area contributed by atoms with Crippen LogP contribution in [0.1, 0.15) is 19.8 Å². The summed E-state index contributed by atoms with van der Waals surface area (Å²) in [6, 6.07) is 0. The molecule has 0 aliphatic carbocycles. The summed E-state index contributed by atoms with van der Waals surface area (Å²) in [6.07, 6.45) is 0.886. The first-order chi connectivity index (χ1) is 5.61. The monoisotopic (exact) mass is 172 g/mol. The molecule has 3 heteroatoms. The molecule has 0 aromatic rings. The van der Waals surface area contributed by atoms with Crippen molar-refractivity contribution < 1.29 is 14.6 Å². The third kappa shape index (κ3) is 4.13. The molecule has 0 spiro atoms. The molecular formula is C9H16O3. The summed E-state index contributed by atoms with van der Waals surface area (Å²) in [5, 5.41) is 8.68. The first-order valence-corrected chi connectivity index (χ1v) is 3.95. The van der Waals surface area contributed by atoms with Gasteiger partial charge in [-0.05, 0) is 19.3 Å². The van der Waals surface area contributed by atoms with E-state index in [2.05, 4.69) is 11.3 Å². The molecule has 0 unspecified atom stereocenters. The Hall–Kier alpha value is -0.830. The summed E-state index contributed by atoms with van der Waals surface area (Å²) in [5.41, 5.74) is 0.912. The molecule has 0 saturated heterocycles. The van der Waals surface area contributed by atoms with Crippen molar-refractivity contribution in [2.24, 2.45) is 5.92 Å². The average Bonchev–Trinajstić information content (AvgIpc) is 2.03. The number of carbonyl (C=O) groups excluding carboxylic acids is 1. The van der Waals surface area contributed by atoms with E-state index in [1.807, 2.05) is 6.92 Å². The Labute approximate surface area is 73.0 Å². The molecule has 0 bridgehead atoms. The molecule has 1 atom stereocenters. The number of aliphatic hydroxyl groups is 1. The quantitative estimate of drug-likeness (QED) is 0.499. The van der Waals surface area contributed by atoms with E-state index in [0.29, 0.717) is 12.8 Å². The van der Waals surface area contributed by atoms with Crippen LogP contribution in [-0.2, 0) is 9.53 Å². The predicted octanol–water partition coefficient (Wildman–Crippen LogP) is 1.12. The topological polar surface area (TPSA) is 46.5 Å². The zero-order valence-corrected chi connectivity index (χ0v) is 7.67. The van der Waals surface area contributed by atoms with Crippen molar-refractivity contribution in [1.82, 2.24) is 0 Å². The summed E-state index contributed by atoms with van der Waals surface area (Å²) in [6.45, 7) is 5.67. The zero-order valence-electron chi connectivity index (χ0n) is 7.67. The second-order valence-electron chi connectivity index (χ2n) is 2.84. The number of rotatable bonds is 5. The van der Waals surface area contributed by atoms with Gasteiger partial charge in [-0.25, -0.2) is 0 Å². The molecule has 0 fully saturated rings. The van der Waals surface area contributed by atoms with Gasteiger partial charge in [0.2, 0.25) is 0 Å². The highest BCUT2D eigenvalue weighted by atomic mass is 16.5. The van der Waals surface area contributed by atoms with Crippen molar-refractivity contribution in [2.45, 2.75) is 19.8 Å². The molecule has 0 aromatic carbocycles. The molecule has 0 amide bonds. The minimum absolute atomic E-state index is 0.0439. The first kappa shape index (κ1) is 11.2. The van der Waals surface area contributed by atoms with Gasteiger partial charge in [0.15, 0.2) is 0 Å². The van der Waals surface area contributed by atoms with Gasteiger partial charge in [0.25, 0.3) is 0 Å². The second-order valence-corrected chi connectivity index (χ2v) is 2.84. The maximum Gasteiger partial charge on any atom is 0.306 e. The van der Waals surface area contributed by atoms with E-state index in [4.69, 9.17) is 5.11 Å². The maximum absolute atomic E-state index is 10.9. The van der Waals surface area contributed by atoms with E-state index in [1.54, 1.807) is 0 Å². The van der Waals surface area contributed by atoms with E-state index >= 15 is 0 Å². The van der Waals surface area contributed by atoms with Crippen molar-refractivity contribution in [3.05, 3.63) is 12.2 Å². The molecule has 0 saturated carbocycles. The van der Waals surface area contributed by atoms with Gasteiger partial charge in [-0.1, -0.05) is 12.2 Å². The van der Waals surface area contributed by atoms with E-state index in [-0.39, 0.29) is 18.5 Å². The lowest BCUT2D eigenvalue weighted by molar-refractivity contribution is -0.141. The largest absolute Gasteiger partial charge is 0.469 e. The van der Waals surface area contributed by atoms with Crippen LogP contribution in [0, 0.1) is 5.92 Å². The van der Waals surface area contributed by atoms with Crippen molar-refractivity contribution in [2.75, 3.05) is 13.7 Å².